The third kappa shape index (κ3) is 10.2. The number of hydrogen-bond acceptors (Lipinski definition) is 6. The molecule has 0 heterocycles. The Morgan fingerprint density at radius 3 is 2.22 bits per heavy atom. The molecule has 0 aromatic heterocycles. The molecule has 12 heteroatoms. The number of unbranched alkanes of at least 4 members (excludes halogenated alkanes) is 1. The number of thioether (sulfide) groups is 1. The van der Waals surface area contributed by atoms with Gasteiger partial charge < -0.3 is 15.0 Å². The van der Waals surface area contributed by atoms with Crippen LogP contribution in [0.4, 0.5) is 5.69 Å². The third-order valence-electron chi connectivity index (χ3n) is 7.80. The molecular weight excluding hydrogens is 701 g/mol. The summed E-state index contributed by atoms with van der Waals surface area (Å²) < 4.78 is 35.8. The molecule has 4 aromatic rings. The second-order valence-electron chi connectivity index (χ2n) is 11.2. The zero-order chi connectivity index (χ0) is 35.4. The standard InChI is InChI=1S/C37H41Cl2N3O5S2/c1-4-6-22-40-37(44)34(24-27-12-8-7-9-13-27)41(25-28-16-21-31(38)32(39)23-28)36(43)26-42(33-14-10-11-15-35(33)47-5-2)49(45,46)30-19-17-29(48-3)18-20-30/h7-21,23,34H,4-6,22,24-26H2,1-3H3,(H,40,44). The molecule has 4 rings (SSSR count). The van der Waals surface area contributed by atoms with Crippen molar-refractivity contribution in [1.29, 1.82) is 0 Å². The first-order valence-electron chi connectivity index (χ1n) is 16.0. The van der Waals surface area contributed by atoms with E-state index in [4.69, 9.17) is 27.9 Å². The summed E-state index contributed by atoms with van der Waals surface area (Å²) in [5.41, 5.74) is 1.66. The number of nitrogens with zero attached hydrogens (tertiary/aromatic N) is 2. The van der Waals surface area contributed by atoms with Gasteiger partial charge in [0, 0.05) is 24.4 Å². The van der Waals surface area contributed by atoms with Crippen molar-refractivity contribution in [3.8, 4) is 5.75 Å². The number of para-hydroxylation sites is 2. The molecule has 260 valence electrons. The number of benzene rings is 4. The Kier molecular flexibility index (Phi) is 14.3. The molecule has 8 nitrogen and oxygen atoms in total. The number of ether oxygens (including phenoxy) is 1. The van der Waals surface area contributed by atoms with E-state index in [9.17, 15) is 18.0 Å². The minimum Gasteiger partial charge on any atom is -0.492 e. The zero-order valence-electron chi connectivity index (χ0n) is 27.8. The van der Waals surface area contributed by atoms with Crippen molar-refractivity contribution >= 4 is 62.5 Å². The lowest BCUT2D eigenvalue weighted by atomic mass is 10.0. The van der Waals surface area contributed by atoms with E-state index in [2.05, 4.69) is 5.32 Å². The number of carbonyl (C=O) groups excluding carboxylic acids is 2. The molecule has 2 amide bonds. The zero-order valence-corrected chi connectivity index (χ0v) is 30.9. The Hall–Kier alpha value is -3.70. The van der Waals surface area contributed by atoms with Gasteiger partial charge >= 0.3 is 0 Å². The van der Waals surface area contributed by atoms with Crippen LogP contribution < -0.4 is 14.4 Å². The number of carbonyl (C=O) groups is 2. The fraction of sp³-hybridized carbons (Fsp3) is 0.297. The molecular formula is C37H41Cl2N3O5S2. The quantitative estimate of drug-likeness (QED) is 0.0875. The second kappa shape index (κ2) is 18.3. The molecule has 1 atom stereocenters. The average Bonchev–Trinajstić information content (AvgIpc) is 3.11. The number of amides is 2. The summed E-state index contributed by atoms with van der Waals surface area (Å²) >= 11 is 14.1. The molecule has 0 aliphatic carbocycles. The number of sulfonamides is 1. The molecule has 1 unspecified atom stereocenters. The maximum atomic E-state index is 14.7. The monoisotopic (exact) mass is 741 g/mol. The maximum Gasteiger partial charge on any atom is 0.264 e. The molecule has 4 aromatic carbocycles. The van der Waals surface area contributed by atoms with Crippen LogP contribution in [0.1, 0.15) is 37.8 Å². The Bertz CT molecular complexity index is 1810. The van der Waals surface area contributed by atoms with E-state index in [1.807, 2.05) is 43.5 Å². The lowest BCUT2D eigenvalue weighted by molar-refractivity contribution is -0.140. The van der Waals surface area contributed by atoms with Gasteiger partial charge in [0.05, 0.1) is 27.2 Å². The van der Waals surface area contributed by atoms with Crippen LogP contribution in [0.2, 0.25) is 10.0 Å². The van der Waals surface area contributed by atoms with Gasteiger partial charge in [0.15, 0.2) is 0 Å². The van der Waals surface area contributed by atoms with Gasteiger partial charge in [0.25, 0.3) is 10.0 Å². The molecule has 0 radical (unpaired) electrons. The van der Waals surface area contributed by atoms with Gasteiger partial charge in [0.2, 0.25) is 11.8 Å². The van der Waals surface area contributed by atoms with Crippen molar-refractivity contribution in [3.63, 3.8) is 0 Å². The summed E-state index contributed by atoms with van der Waals surface area (Å²) in [5.74, 6) is -0.632. The van der Waals surface area contributed by atoms with Crippen LogP contribution in [0.25, 0.3) is 0 Å². The molecule has 0 aliphatic heterocycles. The van der Waals surface area contributed by atoms with Crippen molar-refractivity contribution in [2.24, 2.45) is 0 Å². The predicted octanol–water partition coefficient (Wildman–Crippen LogP) is 7.87. The van der Waals surface area contributed by atoms with Crippen LogP contribution in [-0.4, -0.2) is 57.1 Å². The number of hydrogen-bond donors (Lipinski definition) is 1. The minimum absolute atomic E-state index is 0.0126. The minimum atomic E-state index is -4.30. The Morgan fingerprint density at radius 2 is 1.57 bits per heavy atom. The number of rotatable bonds is 17. The van der Waals surface area contributed by atoms with E-state index in [0.29, 0.717) is 27.9 Å². The first-order chi connectivity index (χ1) is 23.6. The van der Waals surface area contributed by atoms with E-state index in [1.165, 1.54) is 28.8 Å². The smallest absolute Gasteiger partial charge is 0.264 e. The fourth-order valence-electron chi connectivity index (χ4n) is 5.22. The highest BCUT2D eigenvalue weighted by Crippen LogP contribution is 2.34. The van der Waals surface area contributed by atoms with Crippen molar-refractivity contribution in [3.05, 3.63) is 118 Å². The van der Waals surface area contributed by atoms with Crippen molar-refractivity contribution < 1.29 is 22.7 Å². The van der Waals surface area contributed by atoms with Crippen LogP contribution >= 0.6 is 35.0 Å². The van der Waals surface area contributed by atoms with Gasteiger partial charge in [-0.05, 0) is 79.3 Å². The van der Waals surface area contributed by atoms with Gasteiger partial charge in [-0.1, -0.05) is 85.1 Å². The average molecular weight is 743 g/mol. The molecule has 0 fully saturated rings. The van der Waals surface area contributed by atoms with Gasteiger partial charge in [-0.2, -0.15) is 0 Å². The highest BCUT2D eigenvalue weighted by molar-refractivity contribution is 7.98. The van der Waals surface area contributed by atoms with Crippen molar-refractivity contribution in [1.82, 2.24) is 10.2 Å². The summed E-state index contributed by atoms with van der Waals surface area (Å²) in [6, 6.07) is 26.6. The first kappa shape index (κ1) is 38.1. The van der Waals surface area contributed by atoms with E-state index in [0.717, 1.165) is 27.6 Å². The summed E-state index contributed by atoms with van der Waals surface area (Å²) in [4.78, 5) is 31.0. The molecule has 0 spiro atoms. The molecule has 49 heavy (non-hydrogen) atoms. The van der Waals surface area contributed by atoms with Crippen LogP contribution in [0.3, 0.4) is 0 Å². The SMILES string of the molecule is CCCCNC(=O)C(Cc1ccccc1)N(Cc1ccc(Cl)c(Cl)c1)C(=O)CN(c1ccccc1OCC)S(=O)(=O)c1ccc(SC)cc1. The Morgan fingerprint density at radius 1 is 0.878 bits per heavy atom. The van der Waals surface area contributed by atoms with E-state index < -0.39 is 28.5 Å². The van der Waals surface area contributed by atoms with Gasteiger partial charge in [0.1, 0.15) is 18.3 Å². The van der Waals surface area contributed by atoms with Crippen LogP contribution in [0.5, 0.6) is 5.75 Å². The summed E-state index contributed by atoms with van der Waals surface area (Å²) in [5, 5.41) is 3.63. The first-order valence-corrected chi connectivity index (χ1v) is 19.4. The van der Waals surface area contributed by atoms with Gasteiger partial charge in [-0.3, -0.25) is 13.9 Å². The lowest BCUT2D eigenvalue weighted by Crippen LogP contribution is -2.53. The van der Waals surface area contributed by atoms with E-state index in [1.54, 1.807) is 61.5 Å². The lowest BCUT2D eigenvalue weighted by Gasteiger charge is -2.34. The summed E-state index contributed by atoms with van der Waals surface area (Å²) in [6.45, 7) is 3.90. The summed E-state index contributed by atoms with van der Waals surface area (Å²) in [6.07, 6.45) is 3.74. The Labute approximate surface area is 303 Å². The van der Waals surface area contributed by atoms with E-state index in [-0.39, 0.29) is 36.1 Å². The highest BCUT2D eigenvalue weighted by Gasteiger charge is 2.35. The normalized spacial score (nSPS) is 11.9. The molecule has 0 saturated heterocycles. The van der Waals surface area contributed by atoms with Gasteiger partial charge in [-0.15, -0.1) is 11.8 Å². The van der Waals surface area contributed by atoms with Crippen LogP contribution in [0, 0.1) is 0 Å². The van der Waals surface area contributed by atoms with Crippen LogP contribution in [-0.2, 0) is 32.6 Å². The summed E-state index contributed by atoms with van der Waals surface area (Å²) in [7, 11) is -4.30. The van der Waals surface area contributed by atoms with Crippen LogP contribution in [0.15, 0.2) is 107 Å². The number of nitrogens with one attached hydrogen (secondary N) is 1. The van der Waals surface area contributed by atoms with Gasteiger partial charge in [-0.25, -0.2) is 8.42 Å². The molecule has 0 saturated carbocycles. The molecule has 0 bridgehead atoms. The number of anilines is 1. The van der Waals surface area contributed by atoms with Crippen molar-refractivity contribution in [2.75, 3.05) is 30.3 Å². The van der Waals surface area contributed by atoms with E-state index >= 15 is 0 Å². The molecule has 0 aliphatic rings. The Balaban J connectivity index is 1.84. The maximum absolute atomic E-state index is 14.7. The largest absolute Gasteiger partial charge is 0.492 e. The molecule has 1 N–H and O–H groups in total. The topological polar surface area (TPSA) is 96.0 Å². The second-order valence-corrected chi connectivity index (χ2v) is 14.8. The highest BCUT2D eigenvalue weighted by atomic mass is 35.5. The third-order valence-corrected chi connectivity index (χ3v) is 11.1. The van der Waals surface area contributed by atoms with Crippen molar-refractivity contribution in [2.45, 2.75) is 55.5 Å². The predicted molar refractivity (Wildman–Crippen MR) is 199 cm³/mol. The fourth-order valence-corrected chi connectivity index (χ4v) is 7.38. The number of halogens is 2.